The number of carbonyl (C=O) groups excluding carboxylic acids is 3. The molecule has 0 spiro atoms. The average Bonchev–Trinajstić information content (AvgIpc) is 2.98. The molecule has 0 radical (unpaired) electrons. The van der Waals surface area contributed by atoms with E-state index in [0.29, 0.717) is 39.0 Å². The Labute approximate surface area is 189 Å². The van der Waals surface area contributed by atoms with Crippen molar-refractivity contribution in [2.24, 2.45) is 11.8 Å². The minimum Gasteiger partial charge on any atom is -0.272 e. The van der Waals surface area contributed by atoms with Crippen molar-refractivity contribution in [3.8, 4) is 0 Å². The van der Waals surface area contributed by atoms with E-state index in [0.717, 1.165) is 17.9 Å². The van der Waals surface area contributed by atoms with Crippen LogP contribution in [-0.2, 0) is 16.1 Å². The van der Waals surface area contributed by atoms with Crippen LogP contribution in [0.2, 0.25) is 15.1 Å². The van der Waals surface area contributed by atoms with Crippen molar-refractivity contribution in [3.63, 3.8) is 0 Å². The fraction of sp³-hybridized carbons (Fsp3) is 0.318. The second-order valence-corrected chi connectivity index (χ2v) is 8.87. The lowest BCUT2D eigenvalue weighted by molar-refractivity contribution is -0.155. The normalized spacial score (nSPS) is 21.0. The summed E-state index contributed by atoms with van der Waals surface area (Å²) in [5.74, 6) is -1.85. The first-order chi connectivity index (χ1) is 14.4. The molecule has 2 aromatic rings. The smallest absolute Gasteiger partial charge is 0.272 e. The molecule has 1 aliphatic heterocycles. The van der Waals surface area contributed by atoms with E-state index in [1.54, 1.807) is 42.5 Å². The lowest BCUT2D eigenvalue weighted by atomic mass is 9.81. The highest BCUT2D eigenvalue weighted by Crippen LogP contribution is 2.39. The predicted molar refractivity (Wildman–Crippen MR) is 115 cm³/mol. The standard InChI is InChI=1S/C22H19Cl3N2O3/c23-15-8-5-13(6-9-15)20(28)26(12-14-7-10-16(24)11-19(14)25)27-21(29)17-3-1-2-4-18(17)22(27)30/h5-11,17-18H,1-4,12H2/t17-,18-/m0/s1. The molecule has 8 heteroatoms. The molecule has 1 heterocycles. The molecule has 0 aromatic heterocycles. The van der Waals surface area contributed by atoms with Gasteiger partial charge in [0.1, 0.15) is 0 Å². The van der Waals surface area contributed by atoms with Gasteiger partial charge in [0.25, 0.3) is 17.7 Å². The van der Waals surface area contributed by atoms with Crippen molar-refractivity contribution >= 4 is 52.5 Å². The molecule has 0 unspecified atom stereocenters. The number of fused-ring (bicyclic) bond motifs is 1. The molecule has 30 heavy (non-hydrogen) atoms. The van der Waals surface area contributed by atoms with Gasteiger partial charge in [-0.3, -0.25) is 14.4 Å². The Morgan fingerprint density at radius 2 is 1.47 bits per heavy atom. The van der Waals surface area contributed by atoms with Crippen LogP contribution in [0.1, 0.15) is 41.6 Å². The van der Waals surface area contributed by atoms with Gasteiger partial charge in [0.05, 0.1) is 18.4 Å². The molecule has 0 bridgehead atoms. The van der Waals surface area contributed by atoms with Crippen LogP contribution in [0.5, 0.6) is 0 Å². The van der Waals surface area contributed by atoms with Crippen LogP contribution < -0.4 is 0 Å². The van der Waals surface area contributed by atoms with Crippen molar-refractivity contribution in [2.45, 2.75) is 32.2 Å². The van der Waals surface area contributed by atoms with Crippen molar-refractivity contribution in [2.75, 3.05) is 0 Å². The van der Waals surface area contributed by atoms with Crippen molar-refractivity contribution in [1.82, 2.24) is 10.0 Å². The molecule has 1 saturated carbocycles. The van der Waals surface area contributed by atoms with E-state index in [2.05, 4.69) is 0 Å². The summed E-state index contributed by atoms with van der Waals surface area (Å²) in [4.78, 5) is 39.7. The number of hydrazine groups is 1. The van der Waals surface area contributed by atoms with Gasteiger partial charge in [0.2, 0.25) is 0 Å². The van der Waals surface area contributed by atoms with Gasteiger partial charge in [0.15, 0.2) is 0 Å². The fourth-order valence-electron chi connectivity index (χ4n) is 4.17. The van der Waals surface area contributed by atoms with Gasteiger partial charge in [-0.25, -0.2) is 5.01 Å². The number of hydrogen-bond donors (Lipinski definition) is 0. The first-order valence-electron chi connectivity index (χ1n) is 9.76. The van der Waals surface area contributed by atoms with Crippen LogP contribution in [0.25, 0.3) is 0 Å². The molecule has 2 aliphatic rings. The molecule has 3 amide bonds. The summed E-state index contributed by atoms with van der Waals surface area (Å²) in [6.45, 7) is -0.0334. The molecule has 2 atom stereocenters. The first-order valence-corrected chi connectivity index (χ1v) is 10.9. The number of benzene rings is 2. The SMILES string of the molecule is O=C(c1ccc(Cl)cc1)N(Cc1ccc(Cl)cc1Cl)N1C(=O)[C@H]2CCCC[C@@H]2C1=O. The van der Waals surface area contributed by atoms with Gasteiger partial charge in [-0.1, -0.05) is 53.7 Å². The lowest BCUT2D eigenvalue weighted by Crippen LogP contribution is -2.49. The molecule has 0 N–H and O–H groups in total. The van der Waals surface area contributed by atoms with E-state index >= 15 is 0 Å². The van der Waals surface area contributed by atoms with Gasteiger partial charge in [-0.15, -0.1) is 0 Å². The third-order valence-electron chi connectivity index (χ3n) is 5.72. The average molecular weight is 466 g/mol. The van der Waals surface area contributed by atoms with Crippen LogP contribution in [0.15, 0.2) is 42.5 Å². The fourth-order valence-corrected chi connectivity index (χ4v) is 4.76. The summed E-state index contributed by atoms with van der Waals surface area (Å²) in [5, 5.41) is 3.52. The summed E-state index contributed by atoms with van der Waals surface area (Å²) < 4.78 is 0. The number of carbonyl (C=O) groups is 3. The minimum absolute atomic E-state index is 0.0334. The Kier molecular flexibility index (Phi) is 6.05. The Morgan fingerprint density at radius 1 is 0.900 bits per heavy atom. The third kappa shape index (κ3) is 3.94. The Balaban J connectivity index is 1.73. The monoisotopic (exact) mass is 464 g/mol. The molecule has 156 valence electrons. The van der Waals surface area contributed by atoms with Crippen LogP contribution in [0.3, 0.4) is 0 Å². The molecule has 2 aromatic carbocycles. The first kappa shape index (κ1) is 21.2. The molecule has 5 nitrogen and oxygen atoms in total. The Hall–Kier alpha value is -2.08. The van der Waals surface area contributed by atoms with Crippen LogP contribution in [-0.4, -0.2) is 27.7 Å². The third-order valence-corrected chi connectivity index (χ3v) is 6.56. The molecular weight excluding hydrogens is 447 g/mol. The molecule has 4 rings (SSSR count). The Bertz CT molecular complexity index is 985. The highest BCUT2D eigenvalue weighted by atomic mass is 35.5. The molecule has 2 fully saturated rings. The molecule has 1 saturated heterocycles. The second-order valence-electron chi connectivity index (χ2n) is 7.59. The molecule has 1 aliphatic carbocycles. The Morgan fingerprint density at radius 3 is 2.03 bits per heavy atom. The van der Waals surface area contributed by atoms with Gasteiger partial charge < -0.3 is 0 Å². The summed E-state index contributed by atoms with van der Waals surface area (Å²) in [6.07, 6.45) is 3.14. The van der Waals surface area contributed by atoms with E-state index in [9.17, 15) is 14.4 Å². The maximum Gasteiger partial charge on any atom is 0.273 e. The van der Waals surface area contributed by atoms with Gasteiger partial charge in [-0.2, -0.15) is 5.01 Å². The van der Waals surface area contributed by atoms with Crippen LogP contribution in [0.4, 0.5) is 0 Å². The minimum atomic E-state index is -0.474. The maximum atomic E-state index is 13.4. The maximum absolute atomic E-state index is 13.4. The summed E-state index contributed by atoms with van der Waals surface area (Å²) >= 11 is 18.2. The second kappa shape index (κ2) is 8.58. The largest absolute Gasteiger partial charge is 0.273 e. The highest BCUT2D eigenvalue weighted by molar-refractivity contribution is 6.35. The topological polar surface area (TPSA) is 57.7 Å². The van der Waals surface area contributed by atoms with E-state index in [1.807, 2.05) is 0 Å². The number of imide groups is 1. The quantitative estimate of drug-likeness (QED) is 0.570. The molecular formula is C22H19Cl3N2O3. The zero-order valence-corrected chi connectivity index (χ0v) is 18.3. The zero-order chi connectivity index (χ0) is 21.4. The number of halogens is 3. The van der Waals surface area contributed by atoms with Crippen LogP contribution in [0, 0.1) is 11.8 Å². The number of rotatable bonds is 4. The van der Waals surface area contributed by atoms with Gasteiger partial charge >= 0.3 is 0 Å². The van der Waals surface area contributed by atoms with Crippen LogP contribution >= 0.6 is 34.8 Å². The number of nitrogens with zero attached hydrogens (tertiary/aromatic N) is 2. The predicted octanol–water partition coefficient (Wildman–Crippen LogP) is 5.38. The van der Waals surface area contributed by atoms with E-state index in [1.165, 1.54) is 5.01 Å². The van der Waals surface area contributed by atoms with Gasteiger partial charge in [0, 0.05) is 20.6 Å². The van der Waals surface area contributed by atoms with E-state index < -0.39 is 5.91 Å². The van der Waals surface area contributed by atoms with Crippen molar-refractivity contribution < 1.29 is 14.4 Å². The van der Waals surface area contributed by atoms with E-state index in [-0.39, 0.29) is 30.2 Å². The lowest BCUT2D eigenvalue weighted by Gasteiger charge is -2.31. The number of amides is 3. The highest BCUT2D eigenvalue weighted by Gasteiger charge is 2.51. The van der Waals surface area contributed by atoms with E-state index in [4.69, 9.17) is 34.8 Å². The zero-order valence-electron chi connectivity index (χ0n) is 16.0. The number of hydrogen-bond acceptors (Lipinski definition) is 3. The van der Waals surface area contributed by atoms with Gasteiger partial charge in [-0.05, 0) is 54.8 Å². The summed E-state index contributed by atoms with van der Waals surface area (Å²) in [7, 11) is 0. The summed E-state index contributed by atoms with van der Waals surface area (Å²) in [6, 6.07) is 11.2. The van der Waals surface area contributed by atoms with Crippen molar-refractivity contribution in [1.29, 1.82) is 0 Å². The van der Waals surface area contributed by atoms with Crippen molar-refractivity contribution in [3.05, 3.63) is 68.7 Å². The summed E-state index contributed by atoms with van der Waals surface area (Å²) in [5.41, 5.74) is 0.902.